The molecule has 1 heterocycles. The Kier molecular flexibility index (Phi) is 3.07. The van der Waals surface area contributed by atoms with E-state index in [0.29, 0.717) is 5.69 Å². The van der Waals surface area contributed by atoms with Crippen LogP contribution in [-0.2, 0) is 10.0 Å². The van der Waals surface area contributed by atoms with Crippen molar-refractivity contribution in [3.63, 3.8) is 0 Å². The fourth-order valence-corrected chi connectivity index (χ4v) is 2.43. The first-order valence-corrected chi connectivity index (χ1v) is 6.56. The van der Waals surface area contributed by atoms with Crippen molar-refractivity contribution in [2.45, 2.75) is 4.90 Å². The van der Waals surface area contributed by atoms with Crippen molar-refractivity contribution in [1.82, 2.24) is 4.98 Å². The first-order chi connectivity index (χ1) is 8.49. The van der Waals surface area contributed by atoms with Crippen molar-refractivity contribution in [1.29, 1.82) is 0 Å². The van der Waals surface area contributed by atoms with Crippen LogP contribution >= 0.6 is 0 Å². The lowest BCUT2D eigenvalue weighted by Crippen LogP contribution is -2.14. The summed E-state index contributed by atoms with van der Waals surface area (Å²) in [6.45, 7) is 0. The third kappa shape index (κ3) is 2.51. The Morgan fingerprint density at radius 3 is 2.33 bits per heavy atom. The number of rotatable bonds is 3. The van der Waals surface area contributed by atoms with Crippen LogP contribution in [0.3, 0.4) is 0 Å². The van der Waals surface area contributed by atoms with Gasteiger partial charge in [0.2, 0.25) is 0 Å². The van der Waals surface area contributed by atoms with Crippen LogP contribution in [0.15, 0.2) is 47.5 Å². The Bertz CT molecular complexity index is 653. The minimum Gasteiger partial charge on any atom is -0.399 e. The lowest BCUT2D eigenvalue weighted by molar-refractivity contribution is 0.601. The number of nitrogen functional groups attached to an aromatic ring is 2. The average molecular weight is 264 g/mol. The fourth-order valence-electron chi connectivity index (χ4n) is 1.35. The smallest absolute Gasteiger partial charge is 0.262 e. The molecule has 2 rings (SSSR count). The number of nitrogens with one attached hydrogen (secondary N) is 1. The molecule has 1 aromatic heterocycles. The highest BCUT2D eigenvalue weighted by Gasteiger charge is 2.15. The van der Waals surface area contributed by atoms with Gasteiger partial charge in [-0.25, -0.2) is 13.4 Å². The first-order valence-electron chi connectivity index (χ1n) is 5.08. The Balaban J connectivity index is 2.33. The zero-order chi connectivity index (χ0) is 13.2. The lowest BCUT2D eigenvalue weighted by Gasteiger charge is -2.09. The van der Waals surface area contributed by atoms with Gasteiger partial charge in [0.15, 0.2) is 0 Å². The second kappa shape index (κ2) is 4.53. The van der Waals surface area contributed by atoms with Gasteiger partial charge in [0.25, 0.3) is 10.0 Å². The van der Waals surface area contributed by atoms with E-state index in [1.165, 1.54) is 36.5 Å². The zero-order valence-corrected chi connectivity index (χ0v) is 10.2. The molecule has 7 heteroatoms. The molecule has 2 aromatic rings. The summed E-state index contributed by atoms with van der Waals surface area (Å²) in [5.41, 5.74) is 11.8. The van der Waals surface area contributed by atoms with Crippen LogP contribution in [0.1, 0.15) is 0 Å². The predicted molar refractivity (Wildman–Crippen MR) is 70.3 cm³/mol. The molecule has 0 saturated carbocycles. The molecule has 0 unspecified atom stereocenters. The zero-order valence-electron chi connectivity index (χ0n) is 9.37. The van der Waals surface area contributed by atoms with Crippen molar-refractivity contribution < 1.29 is 8.42 Å². The van der Waals surface area contributed by atoms with Crippen LogP contribution in [0.5, 0.6) is 0 Å². The largest absolute Gasteiger partial charge is 0.399 e. The highest BCUT2D eigenvalue weighted by atomic mass is 32.2. The maximum Gasteiger partial charge on any atom is 0.262 e. The van der Waals surface area contributed by atoms with Crippen molar-refractivity contribution in [2.75, 3.05) is 16.2 Å². The van der Waals surface area contributed by atoms with Gasteiger partial charge in [-0.15, -0.1) is 0 Å². The summed E-state index contributed by atoms with van der Waals surface area (Å²) in [6.07, 6.45) is 1.48. The summed E-state index contributed by atoms with van der Waals surface area (Å²) < 4.78 is 26.4. The summed E-state index contributed by atoms with van der Waals surface area (Å²) in [4.78, 5) is 3.91. The second-order valence-corrected chi connectivity index (χ2v) is 5.29. The van der Waals surface area contributed by atoms with Crippen molar-refractivity contribution in [3.8, 4) is 0 Å². The topological polar surface area (TPSA) is 111 Å². The van der Waals surface area contributed by atoms with E-state index in [-0.39, 0.29) is 16.4 Å². The number of nitrogens with two attached hydrogens (primary N) is 2. The molecule has 0 atom stereocenters. The predicted octanol–water partition coefficient (Wildman–Crippen LogP) is 1.05. The minimum absolute atomic E-state index is 0.111. The average Bonchev–Trinajstić information content (AvgIpc) is 2.32. The lowest BCUT2D eigenvalue weighted by atomic mass is 10.3. The van der Waals surface area contributed by atoms with E-state index < -0.39 is 10.0 Å². The van der Waals surface area contributed by atoms with E-state index >= 15 is 0 Å². The van der Waals surface area contributed by atoms with Gasteiger partial charge in [0, 0.05) is 11.9 Å². The molecule has 0 bridgehead atoms. The molecule has 0 aliphatic rings. The standard InChI is InChI=1S/C11H12N4O2S/c12-8-3-5-9(6-4-8)18(16,17)15-10-2-1-7-14-11(10)13/h1-7,15H,12H2,(H2,13,14). The van der Waals surface area contributed by atoms with Crippen LogP contribution in [-0.4, -0.2) is 13.4 Å². The van der Waals surface area contributed by atoms with Gasteiger partial charge in [0.05, 0.1) is 10.6 Å². The number of nitrogens with zero attached hydrogens (tertiary/aromatic N) is 1. The number of hydrogen-bond acceptors (Lipinski definition) is 5. The number of hydrogen-bond donors (Lipinski definition) is 3. The quantitative estimate of drug-likeness (QED) is 0.717. The molecule has 18 heavy (non-hydrogen) atoms. The molecule has 0 aliphatic carbocycles. The molecule has 6 nitrogen and oxygen atoms in total. The first kappa shape index (κ1) is 12.2. The molecule has 0 spiro atoms. The Hall–Kier alpha value is -2.28. The van der Waals surface area contributed by atoms with Crippen LogP contribution < -0.4 is 16.2 Å². The van der Waals surface area contributed by atoms with Gasteiger partial charge in [-0.2, -0.15) is 0 Å². The number of pyridine rings is 1. The number of anilines is 3. The molecular weight excluding hydrogens is 252 g/mol. The summed E-state index contributed by atoms with van der Waals surface area (Å²) >= 11 is 0. The Morgan fingerprint density at radius 2 is 1.72 bits per heavy atom. The summed E-state index contributed by atoms with van der Waals surface area (Å²) in [5.74, 6) is 0.122. The second-order valence-electron chi connectivity index (χ2n) is 3.61. The van der Waals surface area contributed by atoms with E-state index in [2.05, 4.69) is 9.71 Å². The Morgan fingerprint density at radius 1 is 1.06 bits per heavy atom. The van der Waals surface area contributed by atoms with Gasteiger partial charge in [-0.05, 0) is 36.4 Å². The van der Waals surface area contributed by atoms with Crippen LogP contribution in [0.4, 0.5) is 17.2 Å². The third-order valence-corrected chi connectivity index (χ3v) is 3.65. The van der Waals surface area contributed by atoms with Gasteiger partial charge in [0.1, 0.15) is 5.82 Å². The maximum absolute atomic E-state index is 12.0. The molecule has 0 radical (unpaired) electrons. The molecule has 0 aliphatic heterocycles. The molecular formula is C11H12N4O2S. The van der Waals surface area contributed by atoms with E-state index in [1.54, 1.807) is 6.07 Å². The molecule has 0 saturated heterocycles. The highest BCUT2D eigenvalue weighted by molar-refractivity contribution is 7.92. The monoisotopic (exact) mass is 264 g/mol. The Labute approximate surface area is 105 Å². The molecule has 0 fully saturated rings. The normalized spacial score (nSPS) is 11.1. The third-order valence-electron chi connectivity index (χ3n) is 2.27. The molecule has 0 amide bonds. The molecule has 94 valence electrons. The fraction of sp³-hybridized carbons (Fsp3) is 0. The molecule has 1 aromatic carbocycles. The van der Waals surface area contributed by atoms with Crippen molar-refractivity contribution >= 4 is 27.2 Å². The SMILES string of the molecule is Nc1ccc(S(=O)(=O)Nc2cccnc2N)cc1. The number of sulfonamides is 1. The van der Waals surface area contributed by atoms with E-state index in [0.717, 1.165) is 0 Å². The number of benzene rings is 1. The number of aromatic nitrogens is 1. The highest BCUT2D eigenvalue weighted by Crippen LogP contribution is 2.20. The van der Waals surface area contributed by atoms with E-state index in [1.807, 2.05) is 0 Å². The van der Waals surface area contributed by atoms with E-state index in [9.17, 15) is 8.42 Å². The summed E-state index contributed by atoms with van der Waals surface area (Å²) in [6, 6.07) is 9.01. The van der Waals surface area contributed by atoms with Crippen LogP contribution in [0.25, 0.3) is 0 Å². The summed E-state index contributed by atoms with van der Waals surface area (Å²) in [5, 5.41) is 0. The van der Waals surface area contributed by atoms with Gasteiger partial charge < -0.3 is 11.5 Å². The van der Waals surface area contributed by atoms with Crippen molar-refractivity contribution in [2.24, 2.45) is 0 Å². The molecule has 5 N–H and O–H groups in total. The van der Waals surface area contributed by atoms with Crippen LogP contribution in [0.2, 0.25) is 0 Å². The van der Waals surface area contributed by atoms with Gasteiger partial charge in [-0.1, -0.05) is 0 Å². The summed E-state index contributed by atoms with van der Waals surface area (Å²) in [7, 11) is -3.68. The van der Waals surface area contributed by atoms with Crippen LogP contribution in [0, 0.1) is 0 Å². The maximum atomic E-state index is 12.0. The van der Waals surface area contributed by atoms with Crippen molar-refractivity contribution in [3.05, 3.63) is 42.6 Å². The minimum atomic E-state index is -3.68. The van der Waals surface area contributed by atoms with Gasteiger partial charge in [-0.3, -0.25) is 4.72 Å². The van der Waals surface area contributed by atoms with Gasteiger partial charge >= 0.3 is 0 Å². The van der Waals surface area contributed by atoms with E-state index in [4.69, 9.17) is 11.5 Å².